The molecule has 80 valence electrons. The fourth-order valence-electron chi connectivity index (χ4n) is 1.79. The molecular weight excluding hydrogens is 184 g/mol. The highest BCUT2D eigenvalue weighted by Crippen LogP contribution is 2.23. The van der Waals surface area contributed by atoms with Gasteiger partial charge in [-0.3, -0.25) is 16.0 Å². The van der Waals surface area contributed by atoms with E-state index in [1.165, 1.54) is 5.01 Å². The van der Waals surface area contributed by atoms with Gasteiger partial charge < -0.3 is 10.8 Å². The number of hydrogen-bond donors (Lipinski definition) is 4. The molecule has 1 saturated heterocycles. The summed E-state index contributed by atoms with van der Waals surface area (Å²) < 4.78 is 0. The van der Waals surface area contributed by atoms with Crippen molar-refractivity contribution in [2.75, 3.05) is 6.54 Å². The largest absolute Gasteiger partial charge is 0.481 e. The van der Waals surface area contributed by atoms with E-state index in [0.717, 1.165) is 6.42 Å². The lowest BCUT2D eigenvalue weighted by atomic mass is 9.89. The van der Waals surface area contributed by atoms with Crippen LogP contribution in [0.5, 0.6) is 0 Å². The molecule has 1 rings (SSSR count). The number of nitrogens with two attached hydrogens (primary N) is 2. The van der Waals surface area contributed by atoms with E-state index in [-0.39, 0.29) is 24.2 Å². The predicted molar refractivity (Wildman–Crippen MR) is 51.6 cm³/mol. The fourth-order valence-corrected chi connectivity index (χ4v) is 1.79. The molecule has 0 amide bonds. The molecule has 1 fully saturated rings. The molecule has 1 aliphatic rings. The lowest BCUT2D eigenvalue weighted by Gasteiger charge is -2.35. The van der Waals surface area contributed by atoms with Crippen LogP contribution in [0, 0.1) is 11.3 Å². The SMILES string of the molecule is N=C(N)C1CC(CC(=O)O)CCN1N. The Morgan fingerprint density at radius 1 is 1.64 bits per heavy atom. The molecule has 2 unspecified atom stereocenters. The summed E-state index contributed by atoms with van der Waals surface area (Å²) >= 11 is 0. The molecule has 1 aliphatic heterocycles. The predicted octanol–water partition coefficient (Wildman–Crippen LogP) is -0.649. The molecule has 0 aliphatic carbocycles. The summed E-state index contributed by atoms with van der Waals surface area (Å²) in [6, 6.07) is -0.298. The quantitative estimate of drug-likeness (QED) is 0.274. The molecule has 1 heterocycles. The summed E-state index contributed by atoms with van der Waals surface area (Å²) in [5.41, 5.74) is 5.36. The molecule has 0 aromatic carbocycles. The molecule has 6 nitrogen and oxygen atoms in total. The summed E-state index contributed by atoms with van der Waals surface area (Å²) in [5.74, 6) is 4.94. The minimum atomic E-state index is -0.803. The minimum Gasteiger partial charge on any atom is -0.481 e. The van der Waals surface area contributed by atoms with Crippen LogP contribution in [-0.2, 0) is 4.79 Å². The van der Waals surface area contributed by atoms with Crippen molar-refractivity contribution in [1.29, 1.82) is 5.41 Å². The summed E-state index contributed by atoms with van der Waals surface area (Å²) in [7, 11) is 0. The highest BCUT2D eigenvalue weighted by atomic mass is 16.4. The maximum absolute atomic E-state index is 10.5. The van der Waals surface area contributed by atoms with Crippen molar-refractivity contribution < 1.29 is 9.90 Å². The van der Waals surface area contributed by atoms with E-state index in [4.69, 9.17) is 22.1 Å². The van der Waals surface area contributed by atoms with E-state index in [2.05, 4.69) is 0 Å². The number of hydrazine groups is 1. The van der Waals surface area contributed by atoms with Gasteiger partial charge in [0.05, 0.1) is 6.04 Å². The maximum atomic E-state index is 10.5. The number of nitrogens with zero attached hydrogens (tertiary/aromatic N) is 1. The van der Waals surface area contributed by atoms with Crippen LogP contribution in [0.4, 0.5) is 0 Å². The average Bonchev–Trinajstić information content (AvgIpc) is 2.07. The van der Waals surface area contributed by atoms with E-state index in [1.54, 1.807) is 0 Å². The van der Waals surface area contributed by atoms with Crippen molar-refractivity contribution in [3.63, 3.8) is 0 Å². The monoisotopic (exact) mass is 200 g/mol. The first-order valence-corrected chi connectivity index (χ1v) is 4.57. The third-order valence-electron chi connectivity index (χ3n) is 2.57. The first-order chi connectivity index (χ1) is 6.50. The molecule has 6 N–H and O–H groups in total. The van der Waals surface area contributed by atoms with Gasteiger partial charge in [-0.15, -0.1) is 0 Å². The van der Waals surface area contributed by atoms with Crippen LogP contribution in [0.1, 0.15) is 19.3 Å². The van der Waals surface area contributed by atoms with Crippen LogP contribution in [0.2, 0.25) is 0 Å². The standard InChI is InChI=1S/C8H16N4O2/c9-8(10)6-3-5(4-7(13)14)1-2-12(6)11/h5-6H,1-4,11H2,(H3,9,10)(H,13,14). The van der Waals surface area contributed by atoms with Crippen LogP contribution in [0.25, 0.3) is 0 Å². The van der Waals surface area contributed by atoms with Crippen molar-refractivity contribution in [3.05, 3.63) is 0 Å². The van der Waals surface area contributed by atoms with Crippen molar-refractivity contribution >= 4 is 11.8 Å². The maximum Gasteiger partial charge on any atom is 0.303 e. The van der Waals surface area contributed by atoms with Crippen LogP contribution in [0.15, 0.2) is 0 Å². The molecule has 6 heteroatoms. The molecular formula is C8H16N4O2. The molecule has 0 bridgehead atoms. The number of piperidine rings is 1. The first-order valence-electron chi connectivity index (χ1n) is 4.57. The Bertz CT molecular complexity index is 243. The number of carboxylic acids is 1. The molecule has 0 saturated carbocycles. The van der Waals surface area contributed by atoms with Crippen molar-refractivity contribution in [2.24, 2.45) is 17.5 Å². The van der Waals surface area contributed by atoms with E-state index >= 15 is 0 Å². The van der Waals surface area contributed by atoms with E-state index in [9.17, 15) is 4.79 Å². The summed E-state index contributed by atoms with van der Waals surface area (Å²) in [4.78, 5) is 10.5. The van der Waals surface area contributed by atoms with Gasteiger partial charge in [0.1, 0.15) is 5.84 Å². The molecule has 2 atom stereocenters. The second kappa shape index (κ2) is 4.39. The van der Waals surface area contributed by atoms with Gasteiger partial charge in [0.15, 0.2) is 0 Å². The summed E-state index contributed by atoms with van der Waals surface area (Å²) in [6.07, 6.45) is 1.46. The molecule has 0 aromatic heterocycles. The van der Waals surface area contributed by atoms with E-state index in [1.807, 2.05) is 0 Å². The Balaban J connectivity index is 2.53. The number of amidine groups is 1. The third kappa shape index (κ3) is 2.68. The Morgan fingerprint density at radius 3 is 2.79 bits per heavy atom. The zero-order valence-electron chi connectivity index (χ0n) is 7.94. The van der Waals surface area contributed by atoms with Gasteiger partial charge in [0.25, 0.3) is 0 Å². The van der Waals surface area contributed by atoms with Crippen LogP contribution in [0.3, 0.4) is 0 Å². The van der Waals surface area contributed by atoms with Gasteiger partial charge in [-0.05, 0) is 18.8 Å². The summed E-state index contributed by atoms with van der Waals surface area (Å²) in [5, 5.41) is 17.4. The van der Waals surface area contributed by atoms with Crippen molar-refractivity contribution in [1.82, 2.24) is 5.01 Å². The van der Waals surface area contributed by atoms with Crippen LogP contribution in [-0.4, -0.2) is 34.5 Å². The fraction of sp³-hybridized carbons (Fsp3) is 0.750. The molecule has 0 radical (unpaired) electrons. The number of rotatable bonds is 3. The Labute approximate surface area is 82.3 Å². The van der Waals surface area contributed by atoms with Crippen LogP contribution >= 0.6 is 0 Å². The molecule has 0 aromatic rings. The smallest absolute Gasteiger partial charge is 0.303 e. The van der Waals surface area contributed by atoms with Crippen LogP contribution < -0.4 is 11.6 Å². The molecule has 0 spiro atoms. The third-order valence-corrected chi connectivity index (χ3v) is 2.57. The van der Waals surface area contributed by atoms with Crippen molar-refractivity contribution in [2.45, 2.75) is 25.3 Å². The van der Waals surface area contributed by atoms with Gasteiger partial charge in [0.2, 0.25) is 0 Å². The molecule has 14 heavy (non-hydrogen) atoms. The lowest BCUT2D eigenvalue weighted by Crippen LogP contribution is -2.53. The first kappa shape index (κ1) is 10.9. The topological polar surface area (TPSA) is 116 Å². The number of aliphatic carboxylic acids is 1. The average molecular weight is 200 g/mol. The normalized spacial score (nSPS) is 28.6. The number of carboxylic acid groups (broad SMARTS) is 1. The lowest BCUT2D eigenvalue weighted by molar-refractivity contribution is -0.138. The Kier molecular flexibility index (Phi) is 3.43. The highest BCUT2D eigenvalue weighted by molar-refractivity contribution is 5.82. The van der Waals surface area contributed by atoms with Gasteiger partial charge in [0, 0.05) is 13.0 Å². The number of nitrogens with one attached hydrogen (secondary N) is 1. The van der Waals surface area contributed by atoms with Gasteiger partial charge in [-0.25, -0.2) is 5.01 Å². The van der Waals surface area contributed by atoms with Gasteiger partial charge in [-0.1, -0.05) is 0 Å². The van der Waals surface area contributed by atoms with E-state index in [0.29, 0.717) is 13.0 Å². The Morgan fingerprint density at radius 2 is 2.29 bits per heavy atom. The summed E-state index contributed by atoms with van der Waals surface area (Å²) in [6.45, 7) is 0.599. The zero-order valence-corrected chi connectivity index (χ0v) is 7.94. The second-order valence-electron chi connectivity index (χ2n) is 3.70. The number of carbonyl (C=O) groups is 1. The van der Waals surface area contributed by atoms with Crippen molar-refractivity contribution in [3.8, 4) is 0 Å². The second-order valence-corrected chi connectivity index (χ2v) is 3.70. The van der Waals surface area contributed by atoms with Gasteiger partial charge >= 0.3 is 5.97 Å². The Hall–Kier alpha value is -1.14. The van der Waals surface area contributed by atoms with E-state index < -0.39 is 5.97 Å². The highest BCUT2D eigenvalue weighted by Gasteiger charge is 2.29. The minimum absolute atomic E-state index is 0.0163. The van der Waals surface area contributed by atoms with Gasteiger partial charge in [-0.2, -0.15) is 0 Å². The zero-order chi connectivity index (χ0) is 10.7. The number of hydrogen-bond acceptors (Lipinski definition) is 4.